The second-order valence-electron chi connectivity index (χ2n) is 15.9. The summed E-state index contributed by atoms with van der Waals surface area (Å²) in [4.78, 5) is 18.3. The van der Waals surface area contributed by atoms with Crippen LogP contribution in [0.25, 0.3) is 0 Å². The summed E-state index contributed by atoms with van der Waals surface area (Å²) >= 11 is 32.0. The molecular formula is C50H52Cl4I3K2N11O3. The average molecular weight is 1460 g/mol. The van der Waals surface area contributed by atoms with Gasteiger partial charge >= 0.3 is 103 Å². The van der Waals surface area contributed by atoms with Crippen molar-refractivity contribution in [3.8, 4) is 18.2 Å². The number of piperazine rings is 2. The molecule has 4 aromatic carbocycles. The Morgan fingerprint density at radius 2 is 1.22 bits per heavy atom. The van der Waals surface area contributed by atoms with Crippen LogP contribution in [0.3, 0.4) is 0 Å². The number of hydrogen-bond donors (Lipinski definition) is 1. The molecule has 2 saturated heterocycles. The molecule has 14 nitrogen and oxygen atoms in total. The smallest absolute Gasteiger partial charge is 1.00 e. The first-order chi connectivity index (χ1) is 34.2. The Bertz CT molecular complexity index is 2730. The molecule has 1 N–H and O–H groups in total. The van der Waals surface area contributed by atoms with E-state index in [0.29, 0.717) is 33.6 Å². The topological polar surface area (TPSA) is 178 Å². The maximum absolute atomic E-state index is 9.18. The van der Waals surface area contributed by atoms with Gasteiger partial charge in [-0.05, 0) is 131 Å². The van der Waals surface area contributed by atoms with E-state index in [0.717, 1.165) is 75.2 Å². The van der Waals surface area contributed by atoms with Crippen molar-refractivity contribution in [3.05, 3.63) is 159 Å². The maximum atomic E-state index is 9.18. The van der Waals surface area contributed by atoms with Gasteiger partial charge < -0.3 is 26.7 Å². The molecule has 73 heavy (non-hydrogen) atoms. The van der Waals surface area contributed by atoms with Crippen molar-refractivity contribution in [1.82, 2.24) is 29.8 Å². The van der Waals surface area contributed by atoms with E-state index in [1.54, 1.807) is 12.1 Å². The Balaban J connectivity index is 0.000000553. The monoisotopic (exact) mass is 1450 g/mol. The minimum Gasteiger partial charge on any atom is -1.00 e. The molecule has 2 aliphatic heterocycles. The van der Waals surface area contributed by atoms with E-state index in [2.05, 4.69) is 153 Å². The van der Waals surface area contributed by atoms with E-state index < -0.39 is 0 Å². The molecule has 0 amide bonds. The van der Waals surface area contributed by atoms with E-state index in [4.69, 9.17) is 67.0 Å². The Kier molecular flexibility index (Phi) is 34.9. The minimum atomic E-state index is -0.181. The standard InChI is InChI=1S/C23H22Cl2IN5.C17H15Cl2N3.C6H8I2N2.C3H5N.CH2O3.2K.H/c1-16(31-14-20(26)12-28-31)13-29-8-9-30(22-7-2-17(11-27)10-21(22)25)23(15-29)18-3-5-19(24)6-4-18;18-14-4-2-13(3-5-14)17-11-21-7-8-22(17)16-6-1-12(10-20)9-15(16)19;1-5(2-7)10-4-6(8)3-9-10;1-2-3-4;2-1-4-3;;;/h2-7,10,12,14,16,23H,8-9,13,15H2,1H3;1-6,9,17,21H,7-8,11H2;3-5H,2H2,1H3;2H2,1H3;1,3H;;;/q;;;;;2*+1;-1/p-1/t16?,23-;17-;;;;;;/m00....../s1. The molecule has 2 aromatic heterocycles. The first-order valence-corrected chi connectivity index (χ1v) is 27.3. The number of anilines is 2. The number of aromatic nitrogens is 4. The van der Waals surface area contributed by atoms with Crippen LogP contribution in [0.4, 0.5) is 11.4 Å². The summed E-state index contributed by atoms with van der Waals surface area (Å²) in [5, 5.41) is 49.0. The zero-order valence-electron chi connectivity index (χ0n) is 42.0. The first-order valence-electron chi connectivity index (χ1n) is 22.1. The Hall–Kier alpha value is -0.657. The summed E-state index contributed by atoms with van der Waals surface area (Å²) in [6, 6.07) is 34.2. The number of carbonyl (C=O) groups excluding carboxylic acids is 1. The second kappa shape index (κ2) is 37.3. The van der Waals surface area contributed by atoms with Crippen LogP contribution in [0, 0.1) is 41.1 Å². The fourth-order valence-corrected chi connectivity index (χ4v) is 9.55. The molecule has 2 aliphatic rings. The van der Waals surface area contributed by atoms with Crippen molar-refractivity contribution < 1.29 is 119 Å². The van der Waals surface area contributed by atoms with Gasteiger partial charge in [0.1, 0.15) is 0 Å². The van der Waals surface area contributed by atoms with Crippen LogP contribution in [-0.4, -0.2) is 81.2 Å². The van der Waals surface area contributed by atoms with Crippen LogP contribution in [0.2, 0.25) is 20.1 Å². The number of hydrogen-bond acceptors (Lipinski definition) is 12. The number of carbonyl (C=O) groups is 1. The number of halogens is 7. The third-order valence-corrected chi connectivity index (χ3v) is 14.5. The molecule has 2 unspecified atom stereocenters. The van der Waals surface area contributed by atoms with Crippen molar-refractivity contribution in [1.29, 1.82) is 15.8 Å². The van der Waals surface area contributed by atoms with Gasteiger partial charge in [0, 0.05) is 79.1 Å². The molecule has 23 heteroatoms. The zero-order valence-corrected chi connectivity index (χ0v) is 56.7. The van der Waals surface area contributed by atoms with Crippen molar-refractivity contribution >= 4 is 132 Å². The Morgan fingerprint density at radius 3 is 1.62 bits per heavy atom. The van der Waals surface area contributed by atoms with Crippen LogP contribution in [0.5, 0.6) is 0 Å². The summed E-state index contributed by atoms with van der Waals surface area (Å²) in [5.41, 5.74) is 5.44. The summed E-state index contributed by atoms with van der Waals surface area (Å²) in [6.07, 6.45) is 8.53. The second-order valence-corrected chi connectivity index (χ2v) is 20.9. The fourth-order valence-electron chi connectivity index (χ4n) is 7.50. The van der Waals surface area contributed by atoms with Gasteiger partial charge in [-0.2, -0.15) is 26.0 Å². The maximum Gasteiger partial charge on any atom is 1.00 e. The number of nitrogens with one attached hydrogen (secondary N) is 1. The van der Waals surface area contributed by atoms with Gasteiger partial charge in [-0.15, -0.1) is 0 Å². The molecule has 0 saturated carbocycles. The first kappa shape index (κ1) is 68.5. The van der Waals surface area contributed by atoms with Gasteiger partial charge in [0.2, 0.25) is 0 Å². The molecule has 8 rings (SSSR count). The molecular weight excluding hydrogens is 1400 g/mol. The van der Waals surface area contributed by atoms with Crippen LogP contribution in [0.15, 0.2) is 110 Å². The predicted octanol–water partition coefficient (Wildman–Crippen LogP) is 5.77. The molecule has 4 atom stereocenters. The van der Waals surface area contributed by atoms with E-state index in [-0.39, 0.29) is 129 Å². The number of nitrogens with zero attached hydrogens (tertiary/aromatic N) is 10. The summed E-state index contributed by atoms with van der Waals surface area (Å²) in [6.45, 7) is 12.1. The largest absolute Gasteiger partial charge is 1.00 e. The van der Waals surface area contributed by atoms with Gasteiger partial charge in [-0.3, -0.25) is 19.1 Å². The van der Waals surface area contributed by atoms with Crippen molar-refractivity contribution in [2.45, 2.75) is 51.4 Å². The minimum absolute atomic E-state index is 0. The third-order valence-electron chi connectivity index (χ3n) is 11.0. The molecule has 4 heterocycles. The normalized spacial score (nSPS) is 15.5. The fraction of sp³-hybridized carbons (Fsp3) is 0.320. The SMILES string of the molecule is CC(CI)n1cc(I)cn1.CC(CN1CCN(c2ccc(C#N)cc2Cl)[C@H](c2ccc(Cl)cc2)C1)n1cc(I)cn1.CCC#N.N#Cc1ccc(N2CCNC[C@H]2c2ccc(Cl)cc2)c(Cl)c1.O=CO[O-].[H-].[K+].[K+]. The van der Waals surface area contributed by atoms with Gasteiger partial charge in [0.25, 0.3) is 6.47 Å². The van der Waals surface area contributed by atoms with E-state index in [1.165, 1.54) is 14.7 Å². The quantitative estimate of drug-likeness (QED) is 0.0439. The van der Waals surface area contributed by atoms with Crippen LogP contribution in [-0.2, 0) is 9.68 Å². The van der Waals surface area contributed by atoms with Gasteiger partial charge in [-0.25, -0.2) is 0 Å². The molecule has 0 aliphatic carbocycles. The summed E-state index contributed by atoms with van der Waals surface area (Å²) < 4.78 is 7.48. The average Bonchev–Trinajstić information content (AvgIpc) is 4.05. The molecule has 376 valence electrons. The van der Waals surface area contributed by atoms with Crippen molar-refractivity contribution in [2.75, 3.05) is 60.0 Å². The molecule has 0 spiro atoms. The predicted molar refractivity (Wildman–Crippen MR) is 307 cm³/mol. The molecule has 0 radical (unpaired) electrons. The van der Waals surface area contributed by atoms with Gasteiger partial charge in [0.15, 0.2) is 0 Å². The third kappa shape index (κ3) is 22.5. The molecule has 6 aromatic rings. The number of nitriles is 3. The van der Waals surface area contributed by atoms with E-state index in [1.807, 2.05) is 95.4 Å². The summed E-state index contributed by atoms with van der Waals surface area (Å²) in [5.74, 6) is 0. The van der Waals surface area contributed by atoms with Gasteiger partial charge in [0.05, 0.1) is 94.5 Å². The Labute approximate surface area is 576 Å². The van der Waals surface area contributed by atoms with Crippen LogP contribution in [0.1, 0.15) is 75.0 Å². The Morgan fingerprint density at radius 1 is 0.767 bits per heavy atom. The number of rotatable bonds is 10. The molecule has 2 fully saturated rings. The number of alkyl halides is 1. The van der Waals surface area contributed by atoms with Crippen molar-refractivity contribution in [3.63, 3.8) is 0 Å². The zero-order chi connectivity index (χ0) is 51.9. The van der Waals surface area contributed by atoms with Crippen LogP contribution < -0.4 is 123 Å². The van der Waals surface area contributed by atoms with Crippen LogP contribution >= 0.6 is 114 Å². The van der Waals surface area contributed by atoms with E-state index >= 15 is 0 Å². The molecule has 0 bridgehead atoms. The van der Waals surface area contributed by atoms with Gasteiger partial charge in [-0.1, -0.05) is 100 Å². The van der Waals surface area contributed by atoms with E-state index in [9.17, 15) is 5.26 Å². The number of benzene rings is 4. The summed E-state index contributed by atoms with van der Waals surface area (Å²) in [7, 11) is 0. The van der Waals surface area contributed by atoms with Crippen molar-refractivity contribution in [2.24, 2.45) is 0 Å².